The number of likely N-dealkylation sites (N-methyl/N-ethyl adjacent to an activating group) is 1. The molecule has 0 spiro atoms. The molecule has 1 heterocycles. The van der Waals surface area contributed by atoms with E-state index in [1.54, 1.807) is 28.0 Å². The van der Waals surface area contributed by atoms with Crippen molar-refractivity contribution in [2.24, 2.45) is 0 Å². The summed E-state index contributed by atoms with van der Waals surface area (Å²) in [6.07, 6.45) is 6.80. The molecule has 1 aliphatic carbocycles. The van der Waals surface area contributed by atoms with Crippen molar-refractivity contribution in [2.45, 2.75) is 30.2 Å². The van der Waals surface area contributed by atoms with Gasteiger partial charge in [-0.25, -0.2) is 13.9 Å². The molecule has 5 rings (SSSR count). The van der Waals surface area contributed by atoms with Crippen LogP contribution in [0.2, 0.25) is 0 Å². The Morgan fingerprint density at radius 1 is 1.07 bits per heavy atom. The Labute approximate surface area is 246 Å². The summed E-state index contributed by atoms with van der Waals surface area (Å²) in [5.74, 6) is -0.609. The van der Waals surface area contributed by atoms with E-state index in [0.29, 0.717) is 19.4 Å². The average Bonchev–Trinajstić information content (AvgIpc) is 3.60. The number of nitrogens with one attached hydrogen (secondary N) is 3. The number of aromatic nitrogens is 1. The average molecular weight is 588 g/mol. The van der Waals surface area contributed by atoms with E-state index in [0.717, 1.165) is 58.4 Å². The van der Waals surface area contributed by atoms with Crippen LogP contribution in [0, 0.1) is 0 Å². The number of fused-ring (bicyclic) bond motifs is 2. The third-order valence-electron chi connectivity index (χ3n) is 7.72. The van der Waals surface area contributed by atoms with E-state index in [1.165, 1.54) is 6.08 Å². The Morgan fingerprint density at radius 2 is 1.86 bits per heavy atom. The Balaban J connectivity index is 1.44. The molecular weight excluding hydrogens is 550 g/mol. The van der Waals surface area contributed by atoms with Gasteiger partial charge in [0.05, 0.1) is 10.9 Å². The minimum atomic E-state index is -3.83. The van der Waals surface area contributed by atoms with E-state index in [1.807, 2.05) is 68.8 Å². The van der Waals surface area contributed by atoms with Gasteiger partial charge in [0.1, 0.15) is 0 Å². The Bertz CT molecular complexity index is 1680. The van der Waals surface area contributed by atoms with Crippen LogP contribution in [0.1, 0.15) is 34.7 Å². The number of hydrogen-bond donors (Lipinski definition) is 4. The van der Waals surface area contributed by atoms with Crippen LogP contribution in [0.3, 0.4) is 0 Å². The molecule has 1 unspecified atom stereocenters. The summed E-state index contributed by atoms with van der Waals surface area (Å²) in [5.41, 5.74) is 7.41. The Hall–Kier alpha value is -3.96. The van der Waals surface area contributed by atoms with Gasteiger partial charge in [0.2, 0.25) is 10.0 Å². The highest BCUT2D eigenvalue weighted by Gasteiger charge is 2.36. The first-order valence-electron chi connectivity index (χ1n) is 14.1. The maximum absolute atomic E-state index is 14.3. The fourth-order valence-corrected chi connectivity index (χ4v) is 7.18. The molecule has 3 aromatic carbocycles. The first-order valence-corrected chi connectivity index (χ1v) is 15.5. The van der Waals surface area contributed by atoms with Crippen LogP contribution in [0.25, 0.3) is 17.0 Å². The van der Waals surface area contributed by atoms with Crippen LogP contribution in [0.15, 0.2) is 83.9 Å². The zero-order chi connectivity index (χ0) is 29.7. The minimum Gasteiger partial charge on any atom is -0.384 e. The number of hydroxylamine groups is 1. The number of aryl methyl sites for hydroxylation is 1. The lowest BCUT2D eigenvalue weighted by molar-refractivity contribution is -0.124. The summed E-state index contributed by atoms with van der Waals surface area (Å²) in [6.45, 7) is 1.96. The van der Waals surface area contributed by atoms with E-state index >= 15 is 0 Å². The van der Waals surface area contributed by atoms with Gasteiger partial charge in [0, 0.05) is 48.5 Å². The molecule has 0 saturated heterocycles. The predicted molar refractivity (Wildman–Crippen MR) is 166 cm³/mol. The third-order valence-corrected chi connectivity index (χ3v) is 9.65. The molecule has 220 valence electrons. The molecule has 10 heteroatoms. The molecule has 1 amide bonds. The Morgan fingerprint density at radius 3 is 2.62 bits per heavy atom. The van der Waals surface area contributed by atoms with Crippen LogP contribution in [0.5, 0.6) is 0 Å². The first-order chi connectivity index (χ1) is 20.3. The second-order valence-electron chi connectivity index (χ2n) is 10.8. The molecule has 0 bridgehead atoms. The SMILES string of the molecule is CN(C)CCNc1ccc(S(=O)(=O)N(CCc2c[nH]c3ccccc23)C2CCc3cc(/C=C/C(=O)NO)ccc32)cc1. The molecule has 4 N–H and O–H groups in total. The van der Waals surface area contributed by atoms with Crippen molar-refractivity contribution in [2.75, 3.05) is 39.0 Å². The Kier molecular flexibility index (Phi) is 9.08. The highest BCUT2D eigenvalue weighted by molar-refractivity contribution is 7.89. The number of para-hydroxylation sites is 1. The molecule has 0 fully saturated rings. The monoisotopic (exact) mass is 587 g/mol. The van der Waals surface area contributed by atoms with Crippen molar-refractivity contribution < 1.29 is 18.4 Å². The summed E-state index contributed by atoms with van der Waals surface area (Å²) >= 11 is 0. The van der Waals surface area contributed by atoms with E-state index in [9.17, 15) is 13.2 Å². The van der Waals surface area contributed by atoms with Crippen LogP contribution in [0.4, 0.5) is 5.69 Å². The molecule has 0 aliphatic heterocycles. The maximum Gasteiger partial charge on any atom is 0.267 e. The molecule has 1 aliphatic rings. The number of H-pyrrole nitrogens is 1. The number of nitrogens with zero attached hydrogens (tertiary/aromatic N) is 2. The highest BCUT2D eigenvalue weighted by Crippen LogP contribution is 2.39. The second-order valence-corrected chi connectivity index (χ2v) is 12.7. The normalized spacial score (nSPS) is 15.1. The quantitative estimate of drug-likeness (QED) is 0.110. The third kappa shape index (κ3) is 6.57. The molecule has 42 heavy (non-hydrogen) atoms. The van der Waals surface area contributed by atoms with Crippen LogP contribution in [-0.4, -0.2) is 67.5 Å². The number of sulfonamides is 1. The van der Waals surface area contributed by atoms with E-state index in [4.69, 9.17) is 5.21 Å². The summed E-state index contributed by atoms with van der Waals surface area (Å²) in [4.78, 5) is 17.1. The van der Waals surface area contributed by atoms with Crippen molar-refractivity contribution in [3.63, 3.8) is 0 Å². The van der Waals surface area contributed by atoms with Gasteiger partial charge in [-0.1, -0.05) is 36.4 Å². The maximum atomic E-state index is 14.3. The number of benzene rings is 3. The van der Waals surface area contributed by atoms with Crippen LogP contribution < -0.4 is 10.8 Å². The topological polar surface area (TPSA) is 118 Å². The largest absolute Gasteiger partial charge is 0.384 e. The van der Waals surface area contributed by atoms with Gasteiger partial charge in [-0.15, -0.1) is 0 Å². The smallest absolute Gasteiger partial charge is 0.267 e. The zero-order valence-corrected chi connectivity index (χ0v) is 24.7. The van der Waals surface area contributed by atoms with Gasteiger partial charge < -0.3 is 15.2 Å². The summed E-state index contributed by atoms with van der Waals surface area (Å²) in [5, 5.41) is 13.2. The number of carbonyl (C=O) groups excluding carboxylic acids is 1. The second kappa shape index (κ2) is 12.9. The lowest BCUT2D eigenvalue weighted by Gasteiger charge is -2.29. The van der Waals surface area contributed by atoms with Gasteiger partial charge in [-0.3, -0.25) is 10.0 Å². The number of anilines is 1. The number of carbonyl (C=O) groups is 1. The number of hydrogen-bond acceptors (Lipinski definition) is 6. The summed E-state index contributed by atoms with van der Waals surface area (Å²) in [6, 6.07) is 20.6. The summed E-state index contributed by atoms with van der Waals surface area (Å²) < 4.78 is 30.2. The molecule has 4 aromatic rings. The van der Waals surface area contributed by atoms with Gasteiger partial charge in [0.15, 0.2) is 0 Å². The molecule has 0 saturated carbocycles. The van der Waals surface area contributed by atoms with Crippen LogP contribution >= 0.6 is 0 Å². The number of rotatable bonds is 12. The number of amides is 1. The van der Waals surface area contributed by atoms with Crippen molar-refractivity contribution in [1.29, 1.82) is 0 Å². The van der Waals surface area contributed by atoms with E-state index in [2.05, 4.69) is 21.3 Å². The van der Waals surface area contributed by atoms with Crippen molar-refractivity contribution in [1.82, 2.24) is 19.7 Å². The minimum absolute atomic E-state index is 0.266. The lowest BCUT2D eigenvalue weighted by atomic mass is 10.0. The molecular formula is C32H37N5O4S. The van der Waals surface area contributed by atoms with Gasteiger partial charge in [0.25, 0.3) is 5.91 Å². The predicted octanol–water partition coefficient (Wildman–Crippen LogP) is 4.58. The molecule has 1 aromatic heterocycles. The molecule has 9 nitrogen and oxygen atoms in total. The summed E-state index contributed by atoms with van der Waals surface area (Å²) in [7, 11) is 0.194. The highest BCUT2D eigenvalue weighted by atomic mass is 32.2. The fraction of sp³-hybridized carbons (Fsp3) is 0.281. The lowest BCUT2D eigenvalue weighted by Crippen LogP contribution is -2.35. The van der Waals surface area contributed by atoms with E-state index in [-0.39, 0.29) is 10.9 Å². The zero-order valence-electron chi connectivity index (χ0n) is 23.9. The standard InChI is InChI=1S/C32H37N5O4S/c1-36(2)20-18-33-26-10-12-27(13-11-26)42(40,41)37(19-17-25-22-34-30-6-4-3-5-28(25)30)31-15-9-24-21-23(7-14-29(24)31)8-16-32(38)35-39/h3-8,10-14,16,21-22,31,33-34,39H,9,15,17-20H2,1-2H3,(H,35,38)/b16-8+. The molecule has 1 atom stereocenters. The first kappa shape index (κ1) is 29.5. The van der Waals surface area contributed by atoms with Crippen molar-refractivity contribution in [3.05, 3.63) is 101 Å². The van der Waals surface area contributed by atoms with Gasteiger partial charge >= 0.3 is 0 Å². The number of aromatic amines is 1. The van der Waals surface area contributed by atoms with Crippen molar-refractivity contribution in [3.8, 4) is 0 Å². The van der Waals surface area contributed by atoms with Gasteiger partial charge in [-0.2, -0.15) is 4.31 Å². The van der Waals surface area contributed by atoms with Crippen LogP contribution in [-0.2, 0) is 27.7 Å². The van der Waals surface area contributed by atoms with Gasteiger partial charge in [-0.05, 0) is 92.0 Å². The van der Waals surface area contributed by atoms with Crippen molar-refractivity contribution >= 4 is 38.6 Å². The van der Waals surface area contributed by atoms with E-state index < -0.39 is 15.9 Å². The molecule has 0 radical (unpaired) electrons. The fourth-order valence-electron chi connectivity index (χ4n) is 5.54.